The van der Waals surface area contributed by atoms with Crippen molar-refractivity contribution in [1.29, 1.82) is 0 Å². The van der Waals surface area contributed by atoms with Crippen LogP contribution in [0.5, 0.6) is 5.75 Å². The van der Waals surface area contributed by atoms with Crippen LogP contribution < -0.4 is 10.1 Å². The Hall–Kier alpha value is -2.58. The van der Waals surface area contributed by atoms with Crippen LogP contribution in [0.25, 0.3) is 0 Å². The largest absolute Gasteiger partial charge is 0.486 e. The summed E-state index contributed by atoms with van der Waals surface area (Å²) in [6.45, 7) is 0.219. The summed E-state index contributed by atoms with van der Waals surface area (Å²) in [5.41, 5.74) is 0.532. The average Bonchev–Trinajstić information content (AvgIpc) is 3.09. The third kappa shape index (κ3) is 5.47. The molecule has 0 saturated carbocycles. The van der Waals surface area contributed by atoms with E-state index in [1.807, 2.05) is 0 Å². The Balaban J connectivity index is 1.45. The molecule has 1 amide bonds. The molecule has 0 bridgehead atoms. The highest BCUT2D eigenvalue weighted by atomic mass is 35.5. The SMILES string of the molecule is O=C(CSc1n[nH]c(COc2ccc(Cl)cc2)n1)Nc1ccc(F)cc1. The number of H-pyrrole nitrogens is 1. The molecule has 0 spiro atoms. The first kappa shape index (κ1) is 18.2. The summed E-state index contributed by atoms with van der Waals surface area (Å²) in [6.07, 6.45) is 0. The summed E-state index contributed by atoms with van der Waals surface area (Å²) in [4.78, 5) is 16.1. The maximum absolute atomic E-state index is 12.8. The minimum Gasteiger partial charge on any atom is -0.486 e. The number of ether oxygens (including phenoxy) is 1. The molecule has 3 rings (SSSR count). The minimum absolute atomic E-state index is 0.132. The number of carbonyl (C=O) groups is 1. The highest BCUT2D eigenvalue weighted by Gasteiger charge is 2.09. The van der Waals surface area contributed by atoms with E-state index in [2.05, 4.69) is 20.5 Å². The van der Waals surface area contributed by atoms with E-state index < -0.39 is 0 Å². The molecule has 0 aliphatic rings. The minimum atomic E-state index is -0.355. The van der Waals surface area contributed by atoms with Crippen molar-refractivity contribution in [3.05, 3.63) is 65.2 Å². The van der Waals surface area contributed by atoms with Crippen molar-refractivity contribution in [2.24, 2.45) is 0 Å². The lowest BCUT2D eigenvalue weighted by Gasteiger charge is -2.03. The Labute approximate surface area is 158 Å². The quantitative estimate of drug-likeness (QED) is 0.596. The zero-order chi connectivity index (χ0) is 18.4. The molecule has 0 fully saturated rings. The lowest BCUT2D eigenvalue weighted by atomic mass is 10.3. The molecule has 134 valence electrons. The third-order valence-corrected chi connectivity index (χ3v) is 4.26. The van der Waals surface area contributed by atoms with Gasteiger partial charge in [-0.3, -0.25) is 9.89 Å². The average molecular weight is 393 g/mol. The molecule has 6 nitrogen and oxygen atoms in total. The summed E-state index contributed by atoms with van der Waals surface area (Å²) in [7, 11) is 0. The number of hydrogen-bond donors (Lipinski definition) is 2. The first-order valence-corrected chi connectivity index (χ1v) is 8.93. The molecule has 2 aromatic carbocycles. The Kier molecular flexibility index (Phi) is 6.08. The molecule has 0 atom stereocenters. The van der Waals surface area contributed by atoms with Crippen molar-refractivity contribution in [3.63, 3.8) is 0 Å². The van der Waals surface area contributed by atoms with Gasteiger partial charge in [-0.15, -0.1) is 5.10 Å². The fraction of sp³-hybridized carbons (Fsp3) is 0.118. The van der Waals surface area contributed by atoms with Crippen LogP contribution in [-0.4, -0.2) is 26.8 Å². The number of aromatic nitrogens is 3. The summed E-state index contributed by atoms with van der Waals surface area (Å²) >= 11 is 7.00. The van der Waals surface area contributed by atoms with Gasteiger partial charge in [-0.25, -0.2) is 9.37 Å². The predicted molar refractivity (Wildman–Crippen MR) is 97.9 cm³/mol. The Morgan fingerprint density at radius 1 is 1.19 bits per heavy atom. The second-order valence-corrected chi connectivity index (χ2v) is 6.53. The van der Waals surface area contributed by atoms with E-state index in [1.54, 1.807) is 24.3 Å². The molecule has 1 heterocycles. The fourth-order valence-electron chi connectivity index (χ4n) is 1.95. The molecule has 0 radical (unpaired) electrons. The van der Waals surface area contributed by atoms with E-state index in [1.165, 1.54) is 36.0 Å². The van der Waals surface area contributed by atoms with E-state index in [-0.39, 0.29) is 24.1 Å². The van der Waals surface area contributed by atoms with Crippen LogP contribution in [0, 0.1) is 5.82 Å². The van der Waals surface area contributed by atoms with Gasteiger partial charge in [0, 0.05) is 10.7 Å². The second-order valence-electron chi connectivity index (χ2n) is 5.15. The van der Waals surface area contributed by atoms with Crippen LogP contribution in [0.1, 0.15) is 5.82 Å². The Morgan fingerprint density at radius 3 is 2.65 bits per heavy atom. The number of hydrogen-bond acceptors (Lipinski definition) is 5. The second kappa shape index (κ2) is 8.68. The van der Waals surface area contributed by atoms with Crippen LogP contribution in [-0.2, 0) is 11.4 Å². The van der Waals surface area contributed by atoms with Crippen molar-refractivity contribution in [2.45, 2.75) is 11.8 Å². The molecule has 1 aromatic heterocycles. The number of benzene rings is 2. The van der Waals surface area contributed by atoms with E-state index in [9.17, 15) is 9.18 Å². The molecule has 0 saturated heterocycles. The molecule has 0 aliphatic heterocycles. The van der Waals surface area contributed by atoms with Crippen molar-refractivity contribution in [1.82, 2.24) is 15.2 Å². The van der Waals surface area contributed by atoms with Crippen molar-refractivity contribution < 1.29 is 13.9 Å². The van der Waals surface area contributed by atoms with Gasteiger partial charge in [-0.1, -0.05) is 23.4 Å². The van der Waals surface area contributed by atoms with Gasteiger partial charge in [0.05, 0.1) is 5.75 Å². The van der Waals surface area contributed by atoms with Gasteiger partial charge < -0.3 is 10.1 Å². The van der Waals surface area contributed by atoms with Gasteiger partial charge in [-0.05, 0) is 48.5 Å². The van der Waals surface area contributed by atoms with Gasteiger partial charge in [0.1, 0.15) is 18.2 Å². The third-order valence-electron chi connectivity index (χ3n) is 3.16. The standard InChI is InChI=1S/C17H14ClFN4O2S/c18-11-1-7-14(8-2-11)25-9-15-21-17(23-22-15)26-10-16(24)20-13-5-3-12(19)4-6-13/h1-8H,9-10H2,(H,20,24)(H,21,22,23). The van der Waals surface area contributed by atoms with Crippen LogP contribution in [0.4, 0.5) is 10.1 Å². The van der Waals surface area contributed by atoms with E-state index in [4.69, 9.17) is 16.3 Å². The molecule has 0 unspecified atom stereocenters. The number of rotatable bonds is 7. The van der Waals surface area contributed by atoms with Crippen molar-refractivity contribution in [2.75, 3.05) is 11.1 Å². The normalized spacial score (nSPS) is 10.5. The number of halogens is 2. The number of nitrogens with one attached hydrogen (secondary N) is 2. The molecule has 3 aromatic rings. The zero-order valence-corrected chi connectivity index (χ0v) is 15.0. The van der Waals surface area contributed by atoms with E-state index in [0.717, 1.165) is 0 Å². The van der Waals surface area contributed by atoms with Crippen LogP contribution >= 0.6 is 23.4 Å². The van der Waals surface area contributed by atoms with Crippen molar-refractivity contribution in [3.8, 4) is 5.75 Å². The molecule has 9 heteroatoms. The molecule has 0 aliphatic carbocycles. The number of carbonyl (C=O) groups excluding carboxylic acids is 1. The van der Waals surface area contributed by atoms with Gasteiger partial charge in [0.25, 0.3) is 0 Å². The number of thioether (sulfide) groups is 1. The number of aromatic amines is 1. The summed E-state index contributed by atoms with van der Waals surface area (Å²) < 4.78 is 18.4. The maximum atomic E-state index is 12.8. The Morgan fingerprint density at radius 2 is 1.92 bits per heavy atom. The number of nitrogens with zero attached hydrogens (tertiary/aromatic N) is 2. The molecule has 26 heavy (non-hydrogen) atoms. The Bertz CT molecular complexity index is 871. The van der Waals surface area contributed by atoms with Gasteiger partial charge >= 0.3 is 0 Å². The predicted octanol–water partition coefficient (Wildman–Crippen LogP) is 3.91. The first-order chi connectivity index (χ1) is 12.6. The van der Waals surface area contributed by atoms with Gasteiger partial charge in [-0.2, -0.15) is 0 Å². The van der Waals surface area contributed by atoms with Gasteiger partial charge in [0.2, 0.25) is 11.1 Å². The monoisotopic (exact) mass is 392 g/mol. The smallest absolute Gasteiger partial charge is 0.234 e. The lowest BCUT2D eigenvalue weighted by molar-refractivity contribution is -0.113. The molecule has 2 N–H and O–H groups in total. The van der Waals surface area contributed by atoms with E-state index in [0.29, 0.717) is 27.4 Å². The van der Waals surface area contributed by atoms with E-state index >= 15 is 0 Å². The zero-order valence-electron chi connectivity index (χ0n) is 13.4. The fourth-order valence-corrected chi connectivity index (χ4v) is 2.69. The summed E-state index contributed by atoms with van der Waals surface area (Å²) in [6, 6.07) is 12.5. The summed E-state index contributed by atoms with van der Waals surface area (Å²) in [5.74, 6) is 0.754. The maximum Gasteiger partial charge on any atom is 0.234 e. The number of anilines is 1. The molecular formula is C17H14ClFN4O2S. The van der Waals surface area contributed by atoms with Crippen LogP contribution in [0.3, 0.4) is 0 Å². The van der Waals surface area contributed by atoms with Crippen molar-refractivity contribution >= 4 is 35.0 Å². The topological polar surface area (TPSA) is 79.9 Å². The molecular weight excluding hydrogens is 379 g/mol. The summed E-state index contributed by atoms with van der Waals surface area (Å²) in [5, 5.41) is 10.5. The van der Waals surface area contributed by atoms with Crippen LogP contribution in [0.15, 0.2) is 53.7 Å². The number of amides is 1. The first-order valence-electron chi connectivity index (χ1n) is 7.56. The lowest BCUT2D eigenvalue weighted by Crippen LogP contribution is -2.14. The van der Waals surface area contributed by atoms with Crippen LogP contribution in [0.2, 0.25) is 5.02 Å². The van der Waals surface area contributed by atoms with Gasteiger partial charge in [0.15, 0.2) is 5.82 Å². The highest BCUT2D eigenvalue weighted by molar-refractivity contribution is 7.99. The highest BCUT2D eigenvalue weighted by Crippen LogP contribution is 2.17.